The average molecular weight is 248 g/mol. The van der Waals surface area contributed by atoms with Crippen LogP contribution in [0.2, 0.25) is 0 Å². The molecule has 0 aliphatic carbocycles. The SMILES string of the molecule is Cc1n[nH]c(C)c1NC1CC(=O)N2CCCCC12. The maximum atomic E-state index is 12.0. The number of fused-ring (bicyclic) bond motifs is 1. The number of aromatic amines is 1. The lowest BCUT2D eigenvalue weighted by atomic mass is 9.99. The van der Waals surface area contributed by atoms with Gasteiger partial charge in [-0.25, -0.2) is 0 Å². The third kappa shape index (κ3) is 1.78. The van der Waals surface area contributed by atoms with Crippen molar-refractivity contribution in [3.05, 3.63) is 11.4 Å². The van der Waals surface area contributed by atoms with Crippen LogP contribution in [0.4, 0.5) is 5.69 Å². The number of nitrogens with zero attached hydrogens (tertiary/aromatic N) is 2. The summed E-state index contributed by atoms with van der Waals surface area (Å²) in [6.45, 7) is 4.93. The molecule has 5 nitrogen and oxygen atoms in total. The summed E-state index contributed by atoms with van der Waals surface area (Å²) in [7, 11) is 0. The quantitative estimate of drug-likeness (QED) is 0.835. The molecular formula is C13H20N4O. The van der Waals surface area contributed by atoms with Gasteiger partial charge in [0, 0.05) is 13.0 Å². The molecule has 5 heteroatoms. The molecule has 0 spiro atoms. The monoisotopic (exact) mass is 248 g/mol. The van der Waals surface area contributed by atoms with Gasteiger partial charge < -0.3 is 10.2 Å². The Hall–Kier alpha value is -1.52. The lowest BCUT2D eigenvalue weighted by molar-refractivity contribution is -0.129. The van der Waals surface area contributed by atoms with Crippen LogP contribution >= 0.6 is 0 Å². The Morgan fingerprint density at radius 3 is 2.94 bits per heavy atom. The number of H-pyrrole nitrogens is 1. The molecule has 2 unspecified atom stereocenters. The number of anilines is 1. The van der Waals surface area contributed by atoms with Crippen molar-refractivity contribution in [3.63, 3.8) is 0 Å². The van der Waals surface area contributed by atoms with E-state index in [2.05, 4.69) is 20.4 Å². The van der Waals surface area contributed by atoms with E-state index in [1.54, 1.807) is 0 Å². The van der Waals surface area contributed by atoms with Gasteiger partial charge in [0.25, 0.3) is 0 Å². The summed E-state index contributed by atoms with van der Waals surface area (Å²) >= 11 is 0. The molecule has 0 saturated carbocycles. The van der Waals surface area contributed by atoms with Crippen molar-refractivity contribution in [1.29, 1.82) is 0 Å². The van der Waals surface area contributed by atoms with Crippen molar-refractivity contribution < 1.29 is 4.79 Å². The molecule has 1 aromatic heterocycles. The van der Waals surface area contributed by atoms with Gasteiger partial charge in [-0.3, -0.25) is 9.89 Å². The van der Waals surface area contributed by atoms with Gasteiger partial charge in [-0.05, 0) is 33.1 Å². The number of hydrogen-bond donors (Lipinski definition) is 2. The highest BCUT2D eigenvalue weighted by atomic mass is 16.2. The number of carbonyl (C=O) groups excluding carboxylic acids is 1. The Morgan fingerprint density at radius 1 is 1.39 bits per heavy atom. The lowest BCUT2D eigenvalue weighted by Gasteiger charge is -2.32. The van der Waals surface area contributed by atoms with E-state index in [9.17, 15) is 4.79 Å². The molecule has 0 aromatic carbocycles. The molecule has 3 heterocycles. The van der Waals surface area contributed by atoms with E-state index in [-0.39, 0.29) is 6.04 Å². The molecule has 0 bridgehead atoms. The van der Waals surface area contributed by atoms with Gasteiger partial charge in [-0.15, -0.1) is 0 Å². The van der Waals surface area contributed by atoms with Crippen LogP contribution in [0.3, 0.4) is 0 Å². The van der Waals surface area contributed by atoms with E-state index < -0.39 is 0 Å². The molecule has 2 atom stereocenters. The van der Waals surface area contributed by atoms with E-state index in [0.717, 1.165) is 36.5 Å². The van der Waals surface area contributed by atoms with Gasteiger partial charge in [-0.1, -0.05) is 0 Å². The molecule has 2 saturated heterocycles. The number of hydrogen-bond acceptors (Lipinski definition) is 3. The first-order valence-electron chi connectivity index (χ1n) is 6.74. The van der Waals surface area contributed by atoms with Crippen molar-refractivity contribution in [2.45, 2.75) is 51.6 Å². The topological polar surface area (TPSA) is 61.0 Å². The fourth-order valence-electron chi connectivity index (χ4n) is 3.22. The van der Waals surface area contributed by atoms with Crippen molar-refractivity contribution >= 4 is 11.6 Å². The van der Waals surface area contributed by atoms with Gasteiger partial charge in [-0.2, -0.15) is 5.10 Å². The Bertz CT molecular complexity index is 448. The number of rotatable bonds is 2. The second kappa shape index (κ2) is 4.30. The second-order valence-corrected chi connectivity index (χ2v) is 5.41. The minimum absolute atomic E-state index is 0.243. The molecule has 1 aromatic rings. The summed E-state index contributed by atoms with van der Waals surface area (Å²) < 4.78 is 0. The van der Waals surface area contributed by atoms with Gasteiger partial charge in [0.2, 0.25) is 5.91 Å². The van der Waals surface area contributed by atoms with Crippen LogP contribution in [0.25, 0.3) is 0 Å². The number of piperidine rings is 1. The first-order chi connectivity index (χ1) is 8.66. The van der Waals surface area contributed by atoms with Crippen LogP contribution in [-0.4, -0.2) is 39.6 Å². The zero-order valence-electron chi connectivity index (χ0n) is 11.0. The van der Waals surface area contributed by atoms with Gasteiger partial charge in [0.05, 0.1) is 29.2 Å². The smallest absolute Gasteiger partial charge is 0.225 e. The predicted octanol–water partition coefficient (Wildman–Crippen LogP) is 1.59. The Labute approximate surface area is 107 Å². The Morgan fingerprint density at radius 2 is 2.22 bits per heavy atom. The van der Waals surface area contributed by atoms with E-state index in [4.69, 9.17) is 0 Å². The number of carbonyl (C=O) groups is 1. The Balaban J connectivity index is 1.79. The normalized spacial score (nSPS) is 27.4. The van der Waals surface area contributed by atoms with Crippen molar-refractivity contribution in [2.75, 3.05) is 11.9 Å². The maximum Gasteiger partial charge on any atom is 0.225 e. The summed E-state index contributed by atoms with van der Waals surface area (Å²) in [4.78, 5) is 14.0. The lowest BCUT2D eigenvalue weighted by Crippen LogP contribution is -2.43. The standard InChI is InChI=1S/C13H20N4O/c1-8-13(9(2)16-15-8)14-10-7-12(18)17-6-4-3-5-11(10)17/h10-11,14H,3-7H2,1-2H3,(H,15,16). The first-order valence-corrected chi connectivity index (χ1v) is 6.74. The summed E-state index contributed by atoms with van der Waals surface area (Å²) in [5.41, 5.74) is 3.10. The number of amides is 1. The van der Waals surface area contributed by atoms with Crippen LogP contribution in [-0.2, 0) is 4.79 Å². The van der Waals surface area contributed by atoms with E-state index >= 15 is 0 Å². The fraction of sp³-hybridized carbons (Fsp3) is 0.692. The fourth-order valence-corrected chi connectivity index (χ4v) is 3.22. The van der Waals surface area contributed by atoms with Gasteiger partial charge in [0.15, 0.2) is 0 Å². The van der Waals surface area contributed by atoms with Crippen LogP contribution < -0.4 is 5.32 Å². The molecular weight excluding hydrogens is 228 g/mol. The van der Waals surface area contributed by atoms with Crippen LogP contribution in [0.5, 0.6) is 0 Å². The third-order valence-electron chi connectivity index (χ3n) is 4.19. The average Bonchev–Trinajstić information content (AvgIpc) is 2.86. The van der Waals surface area contributed by atoms with E-state index in [1.165, 1.54) is 6.42 Å². The molecule has 2 aliphatic rings. The largest absolute Gasteiger partial charge is 0.377 e. The number of aromatic nitrogens is 2. The third-order valence-corrected chi connectivity index (χ3v) is 4.19. The first kappa shape index (κ1) is 11.6. The Kier molecular flexibility index (Phi) is 2.76. The van der Waals surface area contributed by atoms with Crippen LogP contribution in [0.1, 0.15) is 37.1 Å². The minimum atomic E-state index is 0.243. The second-order valence-electron chi connectivity index (χ2n) is 5.41. The van der Waals surface area contributed by atoms with E-state index in [1.807, 2.05) is 13.8 Å². The summed E-state index contributed by atoms with van der Waals surface area (Å²) in [5, 5.41) is 10.7. The summed E-state index contributed by atoms with van der Waals surface area (Å²) in [6, 6.07) is 0.618. The summed E-state index contributed by atoms with van der Waals surface area (Å²) in [5.74, 6) is 0.302. The number of aryl methyl sites for hydroxylation is 2. The molecule has 18 heavy (non-hydrogen) atoms. The molecule has 3 rings (SSSR count). The van der Waals surface area contributed by atoms with Gasteiger partial charge >= 0.3 is 0 Å². The highest BCUT2D eigenvalue weighted by Crippen LogP contribution is 2.31. The molecule has 2 aliphatic heterocycles. The minimum Gasteiger partial charge on any atom is -0.377 e. The highest BCUT2D eigenvalue weighted by molar-refractivity contribution is 5.81. The van der Waals surface area contributed by atoms with Crippen molar-refractivity contribution in [3.8, 4) is 0 Å². The van der Waals surface area contributed by atoms with Crippen LogP contribution in [0, 0.1) is 13.8 Å². The maximum absolute atomic E-state index is 12.0. The van der Waals surface area contributed by atoms with Crippen molar-refractivity contribution in [1.82, 2.24) is 15.1 Å². The van der Waals surface area contributed by atoms with Crippen LogP contribution in [0.15, 0.2) is 0 Å². The molecule has 1 amide bonds. The zero-order chi connectivity index (χ0) is 12.7. The highest BCUT2D eigenvalue weighted by Gasteiger charge is 2.41. The molecule has 0 radical (unpaired) electrons. The molecule has 2 N–H and O–H groups in total. The summed E-state index contributed by atoms with van der Waals surface area (Å²) in [6.07, 6.45) is 4.13. The number of nitrogens with one attached hydrogen (secondary N) is 2. The van der Waals surface area contributed by atoms with Gasteiger partial charge in [0.1, 0.15) is 0 Å². The van der Waals surface area contributed by atoms with E-state index in [0.29, 0.717) is 18.4 Å². The zero-order valence-corrected chi connectivity index (χ0v) is 11.0. The molecule has 98 valence electrons. The molecule has 2 fully saturated rings. The predicted molar refractivity (Wildman–Crippen MR) is 69.4 cm³/mol. The van der Waals surface area contributed by atoms with Crippen molar-refractivity contribution in [2.24, 2.45) is 0 Å².